The maximum atomic E-state index is 11.3. The molecule has 14 heavy (non-hydrogen) atoms. The summed E-state index contributed by atoms with van der Waals surface area (Å²) < 4.78 is 0. The monoisotopic (exact) mass is 187 g/mol. The Morgan fingerprint density at radius 1 is 1.29 bits per heavy atom. The van der Waals surface area contributed by atoms with Gasteiger partial charge in [-0.2, -0.15) is 0 Å². The Hall–Kier alpha value is -1.57. The van der Waals surface area contributed by atoms with Crippen LogP contribution in [0.25, 0.3) is 5.57 Å². The third-order valence-electron chi connectivity index (χ3n) is 2.69. The first-order chi connectivity index (χ1) is 6.70. The van der Waals surface area contributed by atoms with E-state index < -0.39 is 0 Å². The Morgan fingerprint density at radius 3 is 2.57 bits per heavy atom. The standard InChI is InChI=1S/C12H13NO/c1-8-5-3-4-6-10(8)11-7-13-12(14)9(11)2/h3-7,9H,1-2H3,(H,13,14). The maximum absolute atomic E-state index is 11.3. The zero-order valence-corrected chi connectivity index (χ0v) is 8.37. The molecule has 1 unspecified atom stereocenters. The van der Waals surface area contributed by atoms with Gasteiger partial charge < -0.3 is 5.32 Å². The first-order valence-corrected chi connectivity index (χ1v) is 4.76. The predicted molar refractivity (Wildman–Crippen MR) is 56.5 cm³/mol. The van der Waals surface area contributed by atoms with E-state index in [1.807, 2.05) is 25.3 Å². The SMILES string of the molecule is Cc1ccccc1C1=CNC(=O)C1C. The molecule has 2 heteroatoms. The molecule has 0 saturated heterocycles. The molecular weight excluding hydrogens is 174 g/mol. The van der Waals surface area contributed by atoms with E-state index in [4.69, 9.17) is 0 Å². The van der Waals surface area contributed by atoms with Gasteiger partial charge in [-0.05, 0) is 30.5 Å². The number of carbonyl (C=O) groups excluding carboxylic acids is 1. The molecule has 0 radical (unpaired) electrons. The molecule has 1 aliphatic rings. The van der Waals surface area contributed by atoms with Crippen LogP contribution in [-0.2, 0) is 4.79 Å². The molecule has 1 aromatic carbocycles. The summed E-state index contributed by atoms with van der Waals surface area (Å²) in [5.74, 6) is 0.0550. The second-order valence-electron chi connectivity index (χ2n) is 3.64. The second-order valence-corrected chi connectivity index (χ2v) is 3.64. The lowest BCUT2D eigenvalue weighted by Crippen LogP contribution is -2.17. The van der Waals surface area contributed by atoms with Gasteiger partial charge in [0.05, 0.1) is 5.92 Å². The molecule has 2 nitrogen and oxygen atoms in total. The van der Waals surface area contributed by atoms with Crippen LogP contribution >= 0.6 is 0 Å². The molecule has 1 aromatic rings. The van der Waals surface area contributed by atoms with Crippen molar-refractivity contribution in [3.05, 3.63) is 41.6 Å². The van der Waals surface area contributed by atoms with E-state index in [9.17, 15) is 4.79 Å². The lowest BCUT2D eigenvalue weighted by molar-refractivity contribution is -0.121. The van der Waals surface area contributed by atoms with Crippen molar-refractivity contribution in [2.45, 2.75) is 13.8 Å². The lowest BCUT2D eigenvalue weighted by Gasteiger charge is -2.09. The van der Waals surface area contributed by atoms with Crippen molar-refractivity contribution in [3.63, 3.8) is 0 Å². The first-order valence-electron chi connectivity index (χ1n) is 4.76. The number of aryl methyl sites for hydroxylation is 1. The molecule has 1 aliphatic heterocycles. The van der Waals surface area contributed by atoms with Crippen LogP contribution in [0.1, 0.15) is 18.1 Å². The van der Waals surface area contributed by atoms with Crippen LogP contribution in [0.3, 0.4) is 0 Å². The zero-order valence-electron chi connectivity index (χ0n) is 8.37. The van der Waals surface area contributed by atoms with Gasteiger partial charge in [-0.25, -0.2) is 0 Å². The molecule has 1 atom stereocenters. The van der Waals surface area contributed by atoms with Gasteiger partial charge in [0.15, 0.2) is 0 Å². The second kappa shape index (κ2) is 3.29. The molecule has 72 valence electrons. The van der Waals surface area contributed by atoms with Gasteiger partial charge in [-0.15, -0.1) is 0 Å². The molecule has 0 saturated carbocycles. The zero-order chi connectivity index (χ0) is 10.1. The molecule has 0 spiro atoms. The van der Waals surface area contributed by atoms with Gasteiger partial charge in [0.25, 0.3) is 0 Å². The average Bonchev–Trinajstić information content (AvgIpc) is 2.49. The summed E-state index contributed by atoms with van der Waals surface area (Å²) >= 11 is 0. The number of hydrogen-bond acceptors (Lipinski definition) is 1. The van der Waals surface area contributed by atoms with Crippen molar-refractivity contribution in [2.24, 2.45) is 5.92 Å². The van der Waals surface area contributed by atoms with Crippen LogP contribution in [-0.4, -0.2) is 5.91 Å². The minimum atomic E-state index is -0.0314. The molecule has 0 bridgehead atoms. The summed E-state index contributed by atoms with van der Waals surface area (Å²) in [6.07, 6.45) is 1.81. The number of nitrogens with one attached hydrogen (secondary N) is 1. The van der Waals surface area contributed by atoms with Gasteiger partial charge >= 0.3 is 0 Å². The Balaban J connectivity index is 2.42. The van der Waals surface area contributed by atoms with Gasteiger partial charge in [0.2, 0.25) is 5.91 Å². The van der Waals surface area contributed by atoms with Crippen LogP contribution in [0.4, 0.5) is 0 Å². The highest BCUT2D eigenvalue weighted by Crippen LogP contribution is 2.28. The number of amides is 1. The highest BCUT2D eigenvalue weighted by Gasteiger charge is 2.24. The Kier molecular flexibility index (Phi) is 2.12. The molecule has 2 rings (SSSR count). The van der Waals surface area contributed by atoms with Gasteiger partial charge in [-0.3, -0.25) is 4.79 Å². The quantitative estimate of drug-likeness (QED) is 0.716. The number of rotatable bonds is 1. The fourth-order valence-corrected chi connectivity index (χ4v) is 1.75. The van der Waals surface area contributed by atoms with E-state index in [0.717, 1.165) is 5.57 Å². The van der Waals surface area contributed by atoms with E-state index in [2.05, 4.69) is 24.4 Å². The van der Waals surface area contributed by atoms with Crippen LogP contribution in [0.2, 0.25) is 0 Å². The van der Waals surface area contributed by atoms with Crippen molar-refractivity contribution in [1.82, 2.24) is 5.32 Å². The highest BCUT2D eigenvalue weighted by atomic mass is 16.2. The summed E-state index contributed by atoms with van der Waals surface area (Å²) in [5.41, 5.74) is 3.47. The van der Waals surface area contributed by atoms with Crippen molar-refractivity contribution >= 4 is 11.5 Å². The largest absolute Gasteiger partial charge is 0.332 e. The summed E-state index contributed by atoms with van der Waals surface area (Å²) in [6, 6.07) is 8.12. The molecule has 1 N–H and O–H groups in total. The van der Waals surface area contributed by atoms with Crippen LogP contribution < -0.4 is 5.32 Å². The summed E-state index contributed by atoms with van der Waals surface area (Å²) in [4.78, 5) is 11.3. The Bertz CT molecular complexity index is 407. The molecule has 1 amide bonds. The summed E-state index contributed by atoms with van der Waals surface area (Å²) in [7, 11) is 0. The third kappa shape index (κ3) is 1.33. The van der Waals surface area contributed by atoms with E-state index in [1.165, 1.54) is 11.1 Å². The fourth-order valence-electron chi connectivity index (χ4n) is 1.75. The van der Waals surface area contributed by atoms with E-state index in [-0.39, 0.29) is 11.8 Å². The Labute approximate surface area is 83.6 Å². The minimum absolute atomic E-state index is 0.0314. The lowest BCUT2D eigenvalue weighted by atomic mass is 9.93. The molecule has 0 fully saturated rings. The van der Waals surface area contributed by atoms with Crippen molar-refractivity contribution < 1.29 is 4.79 Å². The number of carbonyl (C=O) groups is 1. The fraction of sp³-hybridized carbons (Fsp3) is 0.250. The topological polar surface area (TPSA) is 29.1 Å². The summed E-state index contributed by atoms with van der Waals surface area (Å²) in [5, 5.41) is 2.74. The third-order valence-corrected chi connectivity index (χ3v) is 2.69. The van der Waals surface area contributed by atoms with Crippen molar-refractivity contribution in [2.75, 3.05) is 0 Å². The average molecular weight is 187 g/mol. The molecular formula is C12H13NO. The van der Waals surface area contributed by atoms with Crippen LogP contribution in [0.5, 0.6) is 0 Å². The van der Waals surface area contributed by atoms with Crippen LogP contribution in [0.15, 0.2) is 30.5 Å². The maximum Gasteiger partial charge on any atom is 0.231 e. The Morgan fingerprint density at radius 2 is 2.00 bits per heavy atom. The molecule has 0 aliphatic carbocycles. The smallest absolute Gasteiger partial charge is 0.231 e. The van der Waals surface area contributed by atoms with Gasteiger partial charge in [0, 0.05) is 6.20 Å². The van der Waals surface area contributed by atoms with E-state index in [1.54, 1.807) is 0 Å². The minimum Gasteiger partial charge on any atom is -0.332 e. The number of benzene rings is 1. The molecule has 0 aromatic heterocycles. The van der Waals surface area contributed by atoms with Crippen molar-refractivity contribution in [1.29, 1.82) is 0 Å². The van der Waals surface area contributed by atoms with Crippen LogP contribution in [0, 0.1) is 12.8 Å². The molecule has 1 heterocycles. The van der Waals surface area contributed by atoms with Gasteiger partial charge in [-0.1, -0.05) is 24.3 Å². The normalized spacial score (nSPS) is 20.6. The highest BCUT2D eigenvalue weighted by molar-refractivity contribution is 5.97. The predicted octanol–water partition coefficient (Wildman–Crippen LogP) is 2.10. The number of hydrogen-bond donors (Lipinski definition) is 1. The van der Waals surface area contributed by atoms with E-state index >= 15 is 0 Å². The van der Waals surface area contributed by atoms with Gasteiger partial charge in [0.1, 0.15) is 0 Å². The summed E-state index contributed by atoms with van der Waals surface area (Å²) in [6.45, 7) is 3.99. The van der Waals surface area contributed by atoms with Crippen molar-refractivity contribution in [3.8, 4) is 0 Å². The first kappa shape index (κ1) is 9.00. The van der Waals surface area contributed by atoms with E-state index in [0.29, 0.717) is 0 Å².